The maximum Gasteiger partial charge on any atom is 0.0794 e. The van der Waals surface area contributed by atoms with Crippen LogP contribution in [0.2, 0.25) is 0 Å². The largest absolute Gasteiger partial charge is 0.325 e. The van der Waals surface area contributed by atoms with Crippen LogP contribution in [0.3, 0.4) is 0 Å². The summed E-state index contributed by atoms with van der Waals surface area (Å²) in [4.78, 5) is 5.32. The van der Waals surface area contributed by atoms with Crippen LogP contribution < -0.4 is 5.73 Å². The zero-order chi connectivity index (χ0) is 7.03. The van der Waals surface area contributed by atoms with E-state index in [1.54, 1.807) is 11.3 Å². The molecule has 0 aromatic carbocycles. The molecule has 0 radical (unpaired) electrons. The summed E-state index contributed by atoms with van der Waals surface area (Å²) in [7, 11) is 0. The van der Waals surface area contributed by atoms with Crippen LogP contribution in [-0.4, -0.2) is 10.5 Å². The highest BCUT2D eigenvalue weighted by Crippen LogP contribution is 2.36. The van der Waals surface area contributed by atoms with Crippen LogP contribution >= 0.6 is 11.3 Å². The van der Waals surface area contributed by atoms with E-state index in [0.29, 0.717) is 0 Å². The molecule has 1 aromatic heterocycles. The lowest BCUT2D eigenvalue weighted by molar-refractivity contribution is 0.678. The lowest BCUT2D eigenvalue weighted by Gasteiger charge is -2.03. The van der Waals surface area contributed by atoms with Gasteiger partial charge in [0, 0.05) is 23.0 Å². The van der Waals surface area contributed by atoms with E-state index in [0.717, 1.165) is 6.42 Å². The van der Waals surface area contributed by atoms with Gasteiger partial charge in [0.15, 0.2) is 0 Å². The maximum atomic E-state index is 5.92. The van der Waals surface area contributed by atoms with Gasteiger partial charge in [0.2, 0.25) is 0 Å². The normalized spacial score (nSPS) is 20.9. The van der Waals surface area contributed by atoms with Gasteiger partial charge in [-0.05, 0) is 12.8 Å². The van der Waals surface area contributed by atoms with E-state index in [-0.39, 0.29) is 5.54 Å². The van der Waals surface area contributed by atoms with Gasteiger partial charge in [0.05, 0.1) is 5.51 Å². The van der Waals surface area contributed by atoms with Gasteiger partial charge in [0.1, 0.15) is 0 Å². The van der Waals surface area contributed by atoms with Crippen molar-refractivity contribution in [3.05, 3.63) is 16.6 Å². The Bertz CT molecular complexity index is 214. The molecule has 1 aliphatic rings. The summed E-state index contributed by atoms with van der Waals surface area (Å²) in [5.74, 6) is 0. The first-order chi connectivity index (χ1) is 4.79. The Balaban J connectivity index is 2.04. The zero-order valence-electron chi connectivity index (χ0n) is 5.71. The fourth-order valence-electron chi connectivity index (χ4n) is 1.01. The molecule has 0 bridgehead atoms. The molecule has 0 saturated heterocycles. The number of hydrogen-bond acceptors (Lipinski definition) is 3. The van der Waals surface area contributed by atoms with E-state index in [9.17, 15) is 0 Å². The summed E-state index contributed by atoms with van der Waals surface area (Å²) in [6.07, 6.45) is 5.31. The topological polar surface area (TPSA) is 38.9 Å². The van der Waals surface area contributed by atoms with Crippen molar-refractivity contribution in [3.8, 4) is 0 Å². The van der Waals surface area contributed by atoms with Crippen LogP contribution in [0.1, 0.15) is 17.7 Å². The van der Waals surface area contributed by atoms with E-state index in [1.165, 1.54) is 17.7 Å². The van der Waals surface area contributed by atoms with Crippen molar-refractivity contribution in [1.29, 1.82) is 0 Å². The predicted molar refractivity (Wildman–Crippen MR) is 42.0 cm³/mol. The molecule has 1 aromatic rings. The van der Waals surface area contributed by atoms with E-state index >= 15 is 0 Å². The Kier molecular flexibility index (Phi) is 1.28. The number of hydrogen-bond donors (Lipinski definition) is 1. The summed E-state index contributed by atoms with van der Waals surface area (Å²) < 4.78 is 0. The Labute approximate surface area is 64.1 Å². The van der Waals surface area contributed by atoms with Gasteiger partial charge in [-0.15, -0.1) is 11.3 Å². The third-order valence-electron chi connectivity index (χ3n) is 1.90. The van der Waals surface area contributed by atoms with Crippen molar-refractivity contribution in [2.75, 3.05) is 0 Å². The molecule has 2 rings (SSSR count). The molecule has 1 fully saturated rings. The highest BCUT2D eigenvalue weighted by atomic mass is 32.1. The smallest absolute Gasteiger partial charge is 0.0794 e. The monoisotopic (exact) mass is 154 g/mol. The van der Waals surface area contributed by atoms with Gasteiger partial charge < -0.3 is 5.73 Å². The average molecular weight is 154 g/mol. The first kappa shape index (κ1) is 6.31. The standard InChI is InChI=1S/C7H10N2S/c8-7(1-2-7)3-6-4-9-5-10-6/h4-5H,1-3,8H2. The van der Waals surface area contributed by atoms with Gasteiger partial charge in [-0.2, -0.15) is 0 Å². The van der Waals surface area contributed by atoms with Crippen molar-refractivity contribution in [2.45, 2.75) is 24.8 Å². The molecule has 0 amide bonds. The highest BCUT2D eigenvalue weighted by Gasteiger charge is 2.38. The van der Waals surface area contributed by atoms with Crippen molar-refractivity contribution in [1.82, 2.24) is 4.98 Å². The van der Waals surface area contributed by atoms with Gasteiger partial charge in [0.25, 0.3) is 0 Å². The molecule has 0 spiro atoms. The second-order valence-electron chi connectivity index (χ2n) is 3.01. The molecule has 3 heteroatoms. The van der Waals surface area contributed by atoms with Gasteiger partial charge in [-0.25, -0.2) is 0 Å². The van der Waals surface area contributed by atoms with Gasteiger partial charge in [-0.1, -0.05) is 0 Å². The van der Waals surface area contributed by atoms with Crippen molar-refractivity contribution in [2.24, 2.45) is 5.73 Å². The lowest BCUT2D eigenvalue weighted by Crippen LogP contribution is -2.23. The Hall–Kier alpha value is -0.410. The van der Waals surface area contributed by atoms with Crippen LogP contribution in [0.5, 0.6) is 0 Å². The second kappa shape index (κ2) is 2.04. The molecule has 0 aliphatic heterocycles. The number of rotatable bonds is 2. The summed E-state index contributed by atoms with van der Waals surface area (Å²) in [6.45, 7) is 0. The molecule has 1 saturated carbocycles. The third kappa shape index (κ3) is 1.20. The summed E-state index contributed by atoms with van der Waals surface area (Å²) in [5, 5.41) is 0. The summed E-state index contributed by atoms with van der Waals surface area (Å²) >= 11 is 1.70. The number of aromatic nitrogens is 1. The summed E-state index contributed by atoms with van der Waals surface area (Å²) in [5.41, 5.74) is 7.92. The Morgan fingerprint density at radius 1 is 1.70 bits per heavy atom. The fraction of sp³-hybridized carbons (Fsp3) is 0.571. The molecule has 1 heterocycles. The van der Waals surface area contributed by atoms with E-state index in [1.807, 2.05) is 11.7 Å². The molecule has 54 valence electrons. The van der Waals surface area contributed by atoms with Crippen molar-refractivity contribution in [3.63, 3.8) is 0 Å². The molecular weight excluding hydrogens is 144 g/mol. The molecule has 10 heavy (non-hydrogen) atoms. The first-order valence-electron chi connectivity index (χ1n) is 3.45. The Morgan fingerprint density at radius 2 is 2.50 bits per heavy atom. The van der Waals surface area contributed by atoms with Crippen LogP contribution in [0.15, 0.2) is 11.7 Å². The van der Waals surface area contributed by atoms with Crippen LogP contribution in [0, 0.1) is 0 Å². The van der Waals surface area contributed by atoms with Gasteiger partial charge in [-0.3, -0.25) is 4.98 Å². The first-order valence-corrected chi connectivity index (χ1v) is 4.33. The lowest BCUT2D eigenvalue weighted by atomic mass is 10.2. The minimum atomic E-state index is 0.145. The number of nitrogens with two attached hydrogens (primary N) is 1. The van der Waals surface area contributed by atoms with Crippen LogP contribution in [0.4, 0.5) is 0 Å². The fourth-order valence-corrected chi connectivity index (χ4v) is 1.76. The van der Waals surface area contributed by atoms with E-state index in [4.69, 9.17) is 5.73 Å². The molecule has 2 nitrogen and oxygen atoms in total. The van der Waals surface area contributed by atoms with Crippen LogP contribution in [-0.2, 0) is 6.42 Å². The molecule has 0 atom stereocenters. The summed E-state index contributed by atoms with van der Waals surface area (Å²) in [6, 6.07) is 0. The predicted octanol–water partition coefficient (Wildman–Crippen LogP) is 1.18. The Morgan fingerprint density at radius 3 is 3.00 bits per heavy atom. The van der Waals surface area contributed by atoms with Crippen molar-refractivity contribution < 1.29 is 0 Å². The molecule has 1 aliphatic carbocycles. The average Bonchev–Trinajstić information content (AvgIpc) is 2.47. The molecule has 2 N–H and O–H groups in total. The van der Waals surface area contributed by atoms with E-state index in [2.05, 4.69) is 4.98 Å². The zero-order valence-corrected chi connectivity index (χ0v) is 6.53. The SMILES string of the molecule is NC1(Cc2cncs2)CC1. The van der Waals surface area contributed by atoms with Crippen molar-refractivity contribution >= 4 is 11.3 Å². The second-order valence-corrected chi connectivity index (χ2v) is 3.98. The van der Waals surface area contributed by atoms with Gasteiger partial charge >= 0.3 is 0 Å². The van der Waals surface area contributed by atoms with E-state index < -0.39 is 0 Å². The maximum absolute atomic E-state index is 5.92. The quantitative estimate of drug-likeness (QED) is 0.694. The minimum absolute atomic E-state index is 0.145. The molecular formula is C7H10N2S. The third-order valence-corrected chi connectivity index (χ3v) is 2.68. The number of thiazole rings is 1. The highest BCUT2D eigenvalue weighted by molar-refractivity contribution is 7.09. The minimum Gasteiger partial charge on any atom is -0.325 e. The number of nitrogens with zero attached hydrogens (tertiary/aromatic N) is 1. The van der Waals surface area contributed by atoms with Crippen LogP contribution in [0.25, 0.3) is 0 Å². The molecule has 0 unspecified atom stereocenters.